The van der Waals surface area contributed by atoms with E-state index in [0.717, 1.165) is 15.3 Å². The lowest BCUT2D eigenvalue weighted by molar-refractivity contribution is 0.256. The number of aliphatic hydroxyl groups excluding tert-OH is 1. The highest BCUT2D eigenvalue weighted by Crippen LogP contribution is 2.25. The number of aryl methyl sites for hydroxylation is 2. The summed E-state index contributed by atoms with van der Waals surface area (Å²) in [5.41, 5.74) is 0.984. The molecular weight excluding hydrogens is 306 g/mol. The van der Waals surface area contributed by atoms with Crippen LogP contribution in [0, 0.1) is 13.8 Å². The summed E-state index contributed by atoms with van der Waals surface area (Å²) in [6.45, 7) is 3.43. The maximum Gasteiger partial charge on any atom is 0.242 e. The Balaban J connectivity index is 2.16. The van der Waals surface area contributed by atoms with Crippen LogP contribution in [0.1, 0.15) is 15.3 Å². The Morgan fingerprint density at radius 1 is 1.24 bits per heavy atom. The van der Waals surface area contributed by atoms with E-state index in [-0.39, 0.29) is 6.61 Å². The Labute approximate surface area is 129 Å². The van der Waals surface area contributed by atoms with Crippen molar-refractivity contribution in [3.8, 4) is 0 Å². The van der Waals surface area contributed by atoms with Crippen LogP contribution in [-0.4, -0.2) is 26.2 Å². The minimum Gasteiger partial charge on any atom is -0.395 e. The fourth-order valence-electron chi connectivity index (χ4n) is 2.20. The van der Waals surface area contributed by atoms with E-state index < -0.39 is 16.1 Å². The Kier molecular flexibility index (Phi) is 5.16. The summed E-state index contributed by atoms with van der Waals surface area (Å²) in [5, 5.41) is 9.45. The van der Waals surface area contributed by atoms with Crippen LogP contribution in [0.5, 0.6) is 0 Å². The summed E-state index contributed by atoms with van der Waals surface area (Å²) < 4.78 is 27.4. The predicted molar refractivity (Wildman–Crippen MR) is 85.1 cm³/mol. The zero-order valence-corrected chi connectivity index (χ0v) is 13.7. The maximum atomic E-state index is 12.4. The van der Waals surface area contributed by atoms with E-state index in [1.807, 2.05) is 37.3 Å². The lowest BCUT2D eigenvalue weighted by Gasteiger charge is -2.16. The minimum absolute atomic E-state index is 0.240. The highest BCUT2D eigenvalue weighted by molar-refractivity contribution is 7.89. The van der Waals surface area contributed by atoms with E-state index in [9.17, 15) is 13.5 Å². The fourth-order valence-corrected chi connectivity index (χ4v) is 4.98. The van der Waals surface area contributed by atoms with E-state index in [2.05, 4.69) is 4.72 Å². The third kappa shape index (κ3) is 4.14. The number of hydrogen-bond donors (Lipinski definition) is 2. The van der Waals surface area contributed by atoms with Gasteiger partial charge in [0.05, 0.1) is 11.5 Å². The second-order valence-corrected chi connectivity index (χ2v) is 8.11. The van der Waals surface area contributed by atoms with Crippen LogP contribution in [0.2, 0.25) is 0 Å². The van der Waals surface area contributed by atoms with Crippen molar-refractivity contribution in [2.45, 2.75) is 31.2 Å². The molecule has 4 nitrogen and oxygen atoms in total. The SMILES string of the molecule is Cc1cc(S(=O)(=O)N[C@H](CO)Cc2ccccc2)c(C)s1. The summed E-state index contributed by atoms with van der Waals surface area (Å²) in [4.78, 5) is 2.02. The van der Waals surface area contributed by atoms with Gasteiger partial charge in [0.15, 0.2) is 0 Å². The van der Waals surface area contributed by atoms with Gasteiger partial charge in [0.1, 0.15) is 0 Å². The molecule has 114 valence electrons. The van der Waals surface area contributed by atoms with Gasteiger partial charge in [0, 0.05) is 15.8 Å². The zero-order chi connectivity index (χ0) is 15.5. The predicted octanol–water partition coefficient (Wildman–Crippen LogP) is 2.25. The van der Waals surface area contributed by atoms with Crippen LogP contribution in [0.15, 0.2) is 41.3 Å². The molecule has 0 saturated carbocycles. The van der Waals surface area contributed by atoms with Gasteiger partial charge in [-0.05, 0) is 31.9 Å². The van der Waals surface area contributed by atoms with Gasteiger partial charge in [0.2, 0.25) is 10.0 Å². The van der Waals surface area contributed by atoms with Crippen LogP contribution < -0.4 is 4.72 Å². The van der Waals surface area contributed by atoms with Gasteiger partial charge in [-0.3, -0.25) is 0 Å². The first-order valence-electron chi connectivity index (χ1n) is 6.66. The molecule has 2 rings (SSSR count). The monoisotopic (exact) mass is 325 g/mol. The quantitative estimate of drug-likeness (QED) is 0.856. The second-order valence-electron chi connectivity index (χ2n) is 4.97. The molecule has 0 radical (unpaired) electrons. The van der Waals surface area contributed by atoms with E-state index in [0.29, 0.717) is 11.3 Å². The van der Waals surface area contributed by atoms with E-state index in [4.69, 9.17) is 0 Å². The maximum absolute atomic E-state index is 12.4. The van der Waals surface area contributed by atoms with Crippen molar-refractivity contribution >= 4 is 21.4 Å². The average Bonchev–Trinajstić information content (AvgIpc) is 2.79. The van der Waals surface area contributed by atoms with Crippen molar-refractivity contribution in [2.75, 3.05) is 6.61 Å². The van der Waals surface area contributed by atoms with Gasteiger partial charge in [-0.25, -0.2) is 13.1 Å². The molecule has 0 saturated heterocycles. The van der Waals surface area contributed by atoms with Gasteiger partial charge >= 0.3 is 0 Å². The van der Waals surface area contributed by atoms with Crippen molar-refractivity contribution in [1.29, 1.82) is 0 Å². The van der Waals surface area contributed by atoms with Gasteiger partial charge < -0.3 is 5.11 Å². The number of thiophene rings is 1. The molecule has 1 atom stereocenters. The molecule has 1 aromatic heterocycles. The average molecular weight is 325 g/mol. The highest BCUT2D eigenvalue weighted by Gasteiger charge is 2.23. The molecule has 1 heterocycles. The van der Waals surface area contributed by atoms with Crippen molar-refractivity contribution in [2.24, 2.45) is 0 Å². The smallest absolute Gasteiger partial charge is 0.242 e. The zero-order valence-electron chi connectivity index (χ0n) is 12.0. The Morgan fingerprint density at radius 2 is 1.90 bits per heavy atom. The summed E-state index contributed by atoms with van der Waals surface area (Å²) in [5.74, 6) is 0. The summed E-state index contributed by atoms with van der Waals surface area (Å²) in [6.07, 6.45) is 0.457. The number of sulfonamides is 1. The van der Waals surface area contributed by atoms with Crippen molar-refractivity contribution in [1.82, 2.24) is 4.72 Å². The normalized spacial score (nSPS) is 13.3. The molecule has 2 aromatic rings. The van der Waals surface area contributed by atoms with Crippen molar-refractivity contribution < 1.29 is 13.5 Å². The second kappa shape index (κ2) is 6.70. The van der Waals surface area contributed by atoms with Crippen LogP contribution in [0.3, 0.4) is 0 Å². The van der Waals surface area contributed by atoms with Gasteiger partial charge in [-0.2, -0.15) is 0 Å². The fraction of sp³-hybridized carbons (Fsp3) is 0.333. The van der Waals surface area contributed by atoms with Gasteiger partial charge in [-0.15, -0.1) is 11.3 Å². The summed E-state index contributed by atoms with van der Waals surface area (Å²) in [6, 6.07) is 10.7. The number of rotatable bonds is 6. The lowest BCUT2D eigenvalue weighted by atomic mass is 10.1. The van der Waals surface area contributed by atoms with Crippen LogP contribution >= 0.6 is 11.3 Å². The molecule has 0 fully saturated rings. The Morgan fingerprint density at radius 3 is 2.43 bits per heavy atom. The van der Waals surface area contributed by atoms with E-state index in [1.54, 1.807) is 13.0 Å². The number of nitrogens with one attached hydrogen (secondary N) is 1. The molecule has 0 spiro atoms. The molecule has 6 heteroatoms. The molecule has 1 aromatic carbocycles. The standard InChI is InChI=1S/C15H19NO3S2/c1-11-8-15(12(2)20-11)21(18,19)16-14(10-17)9-13-6-4-3-5-7-13/h3-8,14,16-17H,9-10H2,1-2H3/t14-/m0/s1. The van der Waals surface area contributed by atoms with E-state index >= 15 is 0 Å². The number of benzene rings is 1. The Hall–Kier alpha value is -1.21. The molecule has 0 bridgehead atoms. The first-order valence-corrected chi connectivity index (χ1v) is 8.96. The summed E-state index contributed by atoms with van der Waals surface area (Å²) in [7, 11) is -3.60. The van der Waals surface area contributed by atoms with Gasteiger partial charge in [0.25, 0.3) is 0 Å². The molecule has 0 aliphatic heterocycles. The molecular formula is C15H19NO3S2. The topological polar surface area (TPSA) is 66.4 Å². The van der Waals surface area contributed by atoms with Crippen molar-refractivity contribution in [3.05, 3.63) is 51.7 Å². The number of hydrogen-bond acceptors (Lipinski definition) is 4. The summed E-state index contributed by atoms with van der Waals surface area (Å²) >= 11 is 1.45. The molecule has 2 N–H and O–H groups in total. The van der Waals surface area contributed by atoms with Crippen LogP contribution in [-0.2, 0) is 16.4 Å². The molecule has 0 unspecified atom stereocenters. The van der Waals surface area contributed by atoms with Crippen LogP contribution in [0.25, 0.3) is 0 Å². The lowest BCUT2D eigenvalue weighted by Crippen LogP contribution is -2.39. The van der Waals surface area contributed by atoms with Gasteiger partial charge in [-0.1, -0.05) is 30.3 Å². The molecule has 0 aliphatic rings. The molecule has 0 amide bonds. The minimum atomic E-state index is -3.60. The first kappa shape index (κ1) is 16.2. The Bertz CT molecular complexity index is 693. The molecule has 21 heavy (non-hydrogen) atoms. The van der Waals surface area contributed by atoms with Crippen LogP contribution in [0.4, 0.5) is 0 Å². The largest absolute Gasteiger partial charge is 0.395 e. The highest BCUT2D eigenvalue weighted by atomic mass is 32.2. The van der Waals surface area contributed by atoms with Crippen molar-refractivity contribution in [3.63, 3.8) is 0 Å². The van der Waals surface area contributed by atoms with E-state index in [1.165, 1.54) is 11.3 Å². The third-order valence-corrected chi connectivity index (χ3v) is 5.89. The molecule has 0 aliphatic carbocycles. The number of aliphatic hydroxyl groups is 1. The third-order valence-electron chi connectivity index (χ3n) is 3.15. The first-order chi connectivity index (χ1) is 9.92.